The predicted octanol–water partition coefficient (Wildman–Crippen LogP) is 3.43. The van der Waals surface area contributed by atoms with Gasteiger partial charge < -0.3 is 9.47 Å². The van der Waals surface area contributed by atoms with Crippen LogP contribution in [-0.4, -0.2) is 26.3 Å². The number of nitrogens with one attached hydrogen (secondary N) is 1. The van der Waals surface area contributed by atoms with E-state index in [1.54, 1.807) is 44.6 Å². The number of nitrogens with zero attached hydrogens (tertiary/aromatic N) is 1. The summed E-state index contributed by atoms with van der Waals surface area (Å²) in [5, 5.41) is 4.33. The van der Waals surface area contributed by atoms with E-state index < -0.39 is 0 Å². The molecular formula is C17H17ClN2O3. The van der Waals surface area contributed by atoms with Gasteiger partial charge in [-0.1, -0.05) is 17.7 Å². The summed E-state index contributed by atoms with van der Waals surface area (Å²) >= 11 is 6.05. The second kappa shape index (κ2) is 7.65. The van der Waals surface area contributed by atoms with Crippen molar-refractivity contribution in [2.75, 3.05) is 14.2 Å². The van der Waals surface area contributed by atoms with Crippen molar-refractivity contribution < 1.29 is 14.3 Å². The van der Waals surface area contributed by atoms with Crippen LogP contribution in [0.5, 0.6) is 11.5 Å². The molecule has 6 heteroatoms. The molecule has 0 heterocycles. The summed E-state index contributed by atoms with van der Waals surface area (Å²) in [6.45, 7) is 1.90. The quantitative estimate of drug-likeness (QED) is 0.674. The largest absolute Gasteiger partial charge is 0.497 e. The number of ether oxygens (including phenoxy) is 2. The lowest BCUT2D eigenvalue weighted by atomic mass is 10.1. The monoisotopic (exact) mass is 332 g/mol. The summed E-state index contributed by atoms with van der Waals surface area (Å²) in [6.07, 6.45) is 1.50. The van der Waals surface area contributed by atoms with Gasteiger partial charge in [-0.15, -0.1) is 0 Å². The first-order valence-electron chi connectivity index (χ1n) is 6.86. The van der Waals surface area contributed by atoms with Crippen molar-refractivity contribution in [2.24, 2.45) is 5.10 Å². The molecule has 0 aliphatic heterocycles. The van der Waals surface area contributed by atoms with E-state index in [0.717, 1.165) is 5.56 Å². The molecule has 0 aliphatic carbocycles. The molecule has 2 aromatic rings. The van der Waals surface area contributed by atoms with Crippen molar-refractivity contribution in [2.45, 2.75) is 6.92 Å². The van der Waals surface area contributed by atoms with Crippen LogP contribution >= 0.6 is 11.6 Å². The number of aryl methyl sites for hydroxylation is 1. The second-order valence-electron chi connectivity index (χ2n) is 4.79. The van der Waals surface area contributed by atoms with Crippen molar-refractivity contribution in [3.8, 4) is 11.5 Å². The van der Waals surface area contributed by atoms with Crippen LogP contribution in [0, 0.1) is 6.92 Å². The molecule has 120 valence electrons. The summed E-state index contributed by atoms with van der Waals surface area (Å²) in [4.78, 5) is 12.1. The summed E-state index contributed by atoms with van der Waals surface area (Å²) < 4.78 is 10.4. The smallest absolute Gasteiger partial charge is 0.272 e. The molecule has 1 N–H and O–H groups in total. The highest BCUT2D eigenvalue weighted by Gasteiger charge is 2.09. The number of carbonyl (C=O) groups is 1. The van der Waals surface area contributed by atoms with Crippen molar-refractivity contribution >= 4 is 23.7 Å². The van der Waals surface area contributed by atoms with Crippen molar-refractivity contribution in [1.82, 2.24) is 5.43 Å². The minimum Gasteiger partial charge on any atom is -0.497 e. The van der Waals surface area contributed by atoms with E-state index in [9.17, 15) is 4.79 Å². The molecule has 0 saturated carbocycles. The molecular weight excluding hydrogens is 316 g/mol. The molecule has 0 saturated heterocycles. The molecule has 23 heavy (non-hydrogen) atoms. The molecule has 1 amide bonds. The van der Waals surface area contributed by atoms with Gasteiger partial charge in [0.25, 0.3) is 5.91 Å². The Morgan fingerprint density at radius 1 is 1.17 bits per heavy atom. The average Bonchev–Trinajstić information content (AvgIpc) is 2.54. The zero-order valence-corrected chi connectivity index (χ0v) is 13.8. The fourth-order valence-corrected chi connectivity index (χ4v) is 2.27. The minimum atomic E-state index is -0.376. The molecule has 2 aromatic carbocycles. The Hall–Kier alpha value is -2.53. The Morgan fingerprint density at radius 2 is 1.96 bits per heavy atom. The number of carbonyl (C=O) groups excluding carboxylic acids is 1. The molecule has 0 aliphatic rings. The fourth-order valence-electron chi connectivity index (χ4n) is 1.95. The Labute approximate surface area is 139 Å². The van der Waals surface area contributed by atoms with Gasteiger partial charge in [0.1, 0.15) is 11.5 Å². The van der Waals surface area contributed by atoms with E-state index in [2.05, 4.69) is 10.5 Å². The van der Waals surface area contributed by atoms with Gasteiger partial charge in [0, 0.05) is 11.6 Å². The molecule has 5 nitrogen and oxygen atoms in total. The minimum absolute atomic E-state index is 0.371. The summed E-state index contributed by atoms with van der Waals surface area (Å²) in [7, 11) is 3.13. The van der Waals surface area contributed by atoms with Gasteiger partial charge in [-0.2, -0.15) is 5.10 Å². The van der Waals surface area contributed by atoms with Gasteiger partial charge in [0.05, 0.1) is 31.0 Å². The number of halogens is 1. The first-order chi connectivity index (χ1) is 11.0. The van der Waals surface area contributed by atoms with Crippen molar-refractivity contribution in [3.63, 3.8) is 0 Å². The predicted molar refractivity (Wildman–Crippen MR) is 90.8 cm³/mol. The third-order valence-electron chi connectivity index (χ3n) is 3.18. The van der Waals surface area contributed by atoms with Crippen LogP contribution in [0.1, 0.15) is 21.5 Å². The lowest BCUT2D eigenvalue weighted by Gasteiger charge is -2.07. The standard InChI is InChI=1S/C17H17ClN2O3/c1-11-4-7-14(15(18)8-11)17(21)20-19-10-12-5-6-13(22-2)9-16(12)23-3/h4-10H,1-3H3,(H,20,21). The summed E-state index contributed by atoms with van der Waals surface area (Å²) in [5.41, 5.74) is 4.51. The third-order valence-corrected chi connectivity index (χ3v) is 3.49. The zero-order chi connectivity index (χ0) is 16.8. The van der Waals surface area contributed by atoms with E-state index in [1.165, 1.54) is 6.21 Å². The molecule has 0 atom stereocenters. The van der Waals surface area contributed by atoms with Gasteiger partial charge in [0.2, 0.25) is 0 Å². The number of methoxy groups -OCH3 is 2. The highest BCUT2D eigenvalue weighted by Crippen LogP contribution is 2.23. The molecule has 0 radical (unpaired) electrons. The Morgan fingerprint density at radius 3 is 2.61 bits per heavy atom. The van der Waals surface area contributed by atoms with Crippen LogP contribution < -0.4 is 14.9 Å². The van der Waals surface area contributed by atoms with Crippen LogP contribution in [0.25, 0.3) is 0 Å². The van der Waals surface area contributed by atoms with E-state index >= 15 is 0 Å². The van der Waals surface area contributed by atoms with E-state index in [4.69, 9.17) is 21.1 Å². The highest BCUT2D eigenvalue weighted by molar-refractivity contribution is 6.33. The highest BCUT2D eigenvalue weighted by atomic mass is 35.5. The van der Waals surface area contributed by atoms with Gasteiger partial charge in [-0.25, -0.2) is 5.43 Å². The van der Waals surface area contributed by atoms with Crippen LogP contribution in [-0.2, 0) is 0 Å². The van der Waals surface area contributed by atoms with E-state index in [0.29, 0.717) is 27.6 Å². The summed E-state index contributed by atoms with van der Waals surface area (Å²) in [5.74, 6) is 0.893. The maximum absolute atomic E-state index is 12.1. The Bertz CT molecular complexity index is 745. The van der Waals surface area contributed by atoms with Gasteiger partial charge in [-0.05, 0) is 36.8 Å². The van der Waals surface area contributed by atoms with Crippen LogP contribution in [0.2, 0.25) is 5.02 Å². The maximum atomic E-state index is 12.1. The summed E-state index contributed by atoms with van der Waals surface area (Å²) in [6, 6.07) is 10.5. The van der Waals surface area contributed by atoms with E-state index in [-0.39, 0.29) is 5.91 Å². The number of amides is 1. The number of hydrogen-bond donors (Lipinski definition) is 1. The number of hydrazone groups is 1. The van der Waals surface area contributed by atoms with Crippen LogP contribution in [0.3, 0.4) is 0 Å². The SMILES string of the molecule is COc1ccc(C=NNC(=O)c2ccc(C)cc2Cl)c(OC)c1. The maximum Gasteiger partial charge on any atom is 0.272 e. The first-order valence-corrected chi connectivity index (χ1v) is 7.24. The Kier molecular flexibility index (Phi) is 5.60. The number of benzene rings is 2. The van der Waals surface area contributed by atoms with Crippen molar-refractivity contribution in [1.29, 1.82) is 0 Å². The van der Waals surface area contributed by atoms with Crippen LogP contribution in [0.4, 0.5) is 0 Å². The lowest BCUT2D eigenvalue weighted by molar-refractivity contribution is 0.0955. The molecule has 0 unspecified atom stereocenters. The number of rotatable bonds is 5. The van der Waals surface area contributed by atoms with E-state index in [1.807, 2.05) is 13.0 Å². The molecule has 2 rings (SSSR count). The topological polar surface area (TPSA) is 59.9 Å². The van der Waals surface area contributed by atoms with Gasteiger partial charge in [-0.3, -0.25) is 4.79 Å². The molecule has 0 bridgehead atoms. The lowest BCUT2D eigenvalue weighted by Crippen LogP contribution is -2.18. The molecule has 0 fully saturated rings. The van der Waals surface area contributed by atoms with Crippen LogP contribution in [0.15, 0.2) is 41.5 Å². The average molecular weight is 333 g/mol. The van der Waals surface area contributed by atoms with Gasteiger partial charge in [0.15, 0.2) is 0 Å². The first kappa shape index (κ1) is 16.8. The van der Waals surface area contributed by atoms with Gasteiger partial charge >= 0.3 is 0 Å². The molecule has 0 spiro atoms. The van der Waals surface area contributed by atoms with Crippen molar-refractivity contribution in [3.05, 3.63) is 58.1 Å². The Balaban J connectivity index is 2.11. The molecule has 0 aromatic heterocycles. The zero-order valence-electron chi connectivity index (χ0n) is 13.1. The fraction of sp³-hybridized carbons (Fsp3) is 0.176. The number of hydrogen-bond acceptors (Lipinski definition) is 4. The third kappa shape index (κ3) is 4.23. The second-order valence-corrected chi connectivity index (χ2v) is 5.20. The normalized spacial score (nSPS) is 10.6.